The van der Waals surface area contributed by atoms with Gasteiger partial charge in [0, 0.05) is 5.56 Å². The van der Waals surface area contributed by atoms with Gasteiger partial charge in [-0.3, -0.25) is 0 Å². The van der Waals surface area contributed by atoms with E-state index in [2.05, 4.69) is 0 Å². The van der Waals surface area contributed by atoms with Crippen LogP contribution in [-0.4, -0.2) is 18.2 Å². The first-order valence-electron chi connectivity index (χ1n) is 6.20. The van der Waals surface area contributed by atoms with E-state index >= 15 is 0 Å². The minimum Gasteiger partial charge on any atom is -0.507 e. The average Bonchev–Trinajstić information content (AvgIpc) is 2.47. The molecule has 0 saturated carbocycles. The van der Waals surface area contributed by atoms with Gasteiger partial charge in [0.1, 0.15) is 23.7 Å². The number of rotatable bonds is 4. The zero-order chi connectivity index (χ0) is 14.5. The zero-order valence-electron chi connectivity index (χ0n) is 11.4. The molecular formula is C16H16O4. The van der Waals surface area contributed by atoms with Gasteiger partial charge in [0.2, 0.25) is 0 Å². The van der Waals surface area contributed by atoms with Crippen molar-refractivity contribution in [3.05, 3.63) is 59.2 Å². The van der Waals surface area contributed by atoms with Gasteiger partial charge in [0.15, 0.2) is 0 Å². The first kappa shape index (κ1) is 13.9. The van der Waals surface area contributed by atoms with Crippen LogP contribution in [0.1, 0.15) is 21.5 Å². The summed E-state index contributed by atoms with van der Waals surface area (Å²) in [5.74, 6) is 0.0199. The minimum absolute atomic E-state index is 0.0828. The largest absolute Gasteiger partial charge is 0.507 e. The summed E-state index contributed by atoms with van der Waals surface area (Å²) in [6, 6.07) is 12.1. The van der Waals surface area contributed by atoms with Crippen LogP contribution in [0.5, 0.6) is 11.5 Å². The van der Waals surface area contributed by atoms with Crippen LogP contribution in [0, 0.1) is 6.92 Å². The van der Waals surface area contributed by atoms with Crippen LogP contribution in [-0.2, 0) is 11.3 Å². The van der Waals surface area contributed by atoms with Crippen molar-refractivity contribution in [2.75, 3.05) is 7.11 Å². The predicted molar refractivity (Wildman–Crippen MR) is 75.0 cm³/mol. The maximum absolute atomic E-state index is 12.0. The molecular weight excluding hydrogens is 256 g/mol. The van der Waals surface area contributed by atoms with Crippen LogP contribution >= 0.6 is 0 Å². The molecule has 0 unspecified atom stereocenters. The van der Waals surface area contributed by atoms with Crippen molar-refractivity contribution in [1.82, 2.24) is 0 Å². The molecule has 0 aliphatic rings. The fourth-order valence-corrected chi connectivity index (χ4v) is 1.86. The van der Waals surface area contributed by atoms with Gasteiger partial charge in [-0.15, -0.1) is 0 Å². The molecule has 4 heteroatoms. The Kier molecular flexibility index (Phi) is 4.25. The molecule has 0 heterocycles. The fraction of sp³-hybridized carbons (Fsp3) is 0.188. The van der Waals surface area contributed by atoms with Crippen molar-refractivity contribution in [1.29, 1.82) is 0 Å². The molecule has 0 aliphatic carbocycles. The van der Waals surface area contributed by atoms with E-state index in [1.165, 1.54) is 6.07 Å². The van der Waals surface area contributed by atoms with Crippen LogP contribution in [0.4, 0.5) is 0 Å². The van der Waals surface area contributed by atoms with Crippen LogP contribution in [0.25, 0.3) is 0 Å². The number of esters is 1. The molecule has 0 aliphatic heterocycles. The molecule has 4 nitrogen and oxygen atoms in total. The second-order valence-electron chi connectivity index (χ2n) is 4.41. The number of benzene rings is 2. The summed E-state index contributed by atoms with van der Waals surface area (Å²) in [7, 11) is 1.56. The molecule has 0 fully saturated rings. The molecule has 0 amide bonds. The van der Waals surface area contributed by atoms with Crippen molar-refractivity contribution in [3.63, 3.8) is 0 Å². The van der Waals surface area contributed by atoms with Gasteiger partial charge in [-0.25, -0.2) is 4.79 Å². The molecule has 0 radical (unpaired) electrons. The van der Waals surface area contributed by atoms with Crippen LogP contribution in [0.15, 0.2) is 42.5 Å². The summed E-state index contributed by atoms with van der Waals surface area (Å²) in [6.07, 6.45) is 0. The maximum atomic E-state index is 12.0. The number of phenolic OH excluding ortho intramolecular Hbond substituents is 1. The smallest absolute Gasteiger partial charge is 0.342 e. The number of carbonyl (C=O) groups is 1. The zero-order valence-corrected chi connectivity index (χ0v) is 11.4. The van der Waals surface area contributed by atoms with Crippen LogP contribution in [0.3, 0.4) is 0 Å². The predicted octanol–water partition coefficient (Wildman–Crippen LogP) is 3.07. The van der Waals surface area contributed by atoms with Gasteiger partial charge in [0.05, 0.1) is 7.11 Å². The molecule has 104 valence electrons. The lowest BCUT2D eigenvalue weighted by Gasteiger charge is -2.10. The summed E-state index contributed by atoms with van der Waals surface area (Å²) in [5, 5.41) is 9.68. The number of carbonyl (C=O) groups excluding carboxylic acids is 1. The minimum atomic E-state index is -0.558. The van der Waals surface area contributed by atoms with E-state index in [1.54, 1.807) is 25.3 Å². The number of phenols is 1. The van der Waals surface area contributed by atoms with E-state index < -0.39 is 5.97 Å². The van der Waals surface area contributed by atoms with Gasteiger partial charge < -0.3 is 14.6 Å². The Morgan fingerprint density at radius 3 is 2.70 bits per heavy atom. The van der Waals surface area contributed by atoms with Crippen LogP contribution in [0.2, 0.25) is 0 Å². The molecule has 1 N–H and O–H groups in total. The molecule has 0 bridgehead atoms. The Morgan fingerprint density at radius 2 is 1.95 bits per heavy atom. The Bertz CT molecular complexity index is 620. The normalized spacial score (nSPS) is 10.1. The van der Waals surface area contributed by atoms with E-state index in [1.807, 2.05) is 25.1 Å². The van der Waals surface area contributed by atoms with E-state index in [-0.39, 0.29) is 17.9 Å². The molecule has 0 aromatic heterocycles. The highest BCUT2D eigenvalue weighted by molar-refractivity contribution is 5.92. The molecule has 0 spiro atoms. The summed E-state index contributed by atoms with van der Waals surface area (Å²) in [5.41, 5.74) is 1.82. The fourth-order valence-electron chi connectivity index (χ4n) is 1.86. The Labute approximate surface area is 117 Å². The third kappa shape index (κ3) is 3.09. The number of hydrogen-bond donors (Lipinski definition) is 1. The highest BCUT2D eigenvalue weighted by Gasteiger charge is 2.13. The summed E-state index contributed by atoms with van der Waals surface area (Å²) >= 11 is 0. The number of aryl methyl sites for hydroxylation is 1. The van der Waals surface area contributed by atoms with Crippen molar-refractivity contribution in [2.45, 2.75) is 13.5 Å². The van der Waals surface area contributed by atoms with Crippen molar-refractivity contribution in [2.24, 2.45) is 0 Å². The molecule has 20 heavy (non-hydrogen) atoms. The highest BCUT2D eigenvalue weighted by Crippen LogP contribution is 2.22. The van der Waals surface area contributed by atoms with Crippen molar-refractivity contribution >= 4 is 5.97 Å². The third-order valence-corrected chi connectivity index (χ3v) is 2.92. The lowest BCUT2D eigenvalue weighted by Crippen LogP contribution is -2.06. The second kappa shape index (κ2) is 6.10. The number of aromatic hydroxyl groups is 1. The Balaban J connectivity index is 2.11. The lowest BCUT2D eigenvalue weighted by molar-refractivity contribution is 0.0467. The van der Waals surface area contributed by atoms with Crippen LogP contribution < -0.4 is 4.74 Å². The summed E-state index contributed by atoms with van der Waals surface area (Å²) < 4.78 is 10.4. The van der Waals surface area contributed by atoms with E-state index in [0.717, 1.165) is 11.1 Å². The Hall–Kier alpha value is -2.49. The lowest BCUT2D eigenvalue weighted by atomic mass is 10.1. The summed E-state index contributed by atoms with van der Waals surface area (Å²) in [4.78, 5) is 12.0. The first-order chi connectivity index (χ1) is 9.61. The summed E-state index contributed by atoms with van der Waals surface area (Å²) in [6.45, 7) is 1.94. The van der Waals surface area contributed by atoms with Gasteiger partial charge in [-0.1, -0.05) is 29.8 Å². The molecule has 2 aromatic carbocycles. The quantitative estimate of drug-likeness (QED) is 0.869. The molecule has 0 saturated heterocycles. The maximum Gasteiger partial charge on any atom is 0.342 e. The number of para-hydroxylation sites is 1. The van der Waals surface area contributed by atoms with Gasteiger partial charge in [-0.05, 0) is 25.1 Å². The van der Waals surface area contributed by atoms with Gasteiger partial charge >= 0.3 is 5.97 Å². The van der Waals surface area contributed by atoms with E-state index in [9.17, 15) is 9.90 Å². The van der Waals surface area contributed by atoms with E-state index in [0.29, 0.717) is 5.75 Å². The van der Waals surface area contributed by atoms with Gasteiger partial charge in [-0.2, -0.15) is 0 Å². The molecule has 2 rings (SSSR count). The highest BCUT2D eigenvalue weighted by atomic mass is 16.5. The first-order valence-corrected chi connectivity index (χ1v) is 6.20. The number of ether oxygens (including phenoxy) is 2. The average molecular weight is 272 g/mol. The third-order valence-electron chi connectivity index (χ3n) is 2.92. The standard InChI is InChI=1S/C16H16O4/c1-11-7-8-14(17)13(9-11)16(18)20-10-12-5-3-4-6-15(12)19-2/h3-9,17H,10H2,1-2H3. The molecule has 2 aromatic rings. The van der Waals surface area contributed by atoms with Crippen molar-refractivity contribution in [3.8, 4) is 11.5 Å². The number of methoxy groups -OCH3 is 1. The SMILES string of the molecule is COc1ccccc1COC(=O)c1cc(C)ccc1O. The number of hydrogen-bond acceptors (Lipinski definition) is 4. The van der Waals surface area contributed by atoms with Gasteiger partial charge in [0.25, 0.3) is 0 Å². The monoisotopic (exact) mass is 272 g/mol. The van der Waals surface area contributed by atoms with E-state index in [4.69, 9.17) is 9.47 Å². The molecule has 0 atom stereocenters. The van der Waals surface area contributed by atoms with Crippen molar-refractivity contribution < 1.29 is 19.4 Å². The topological polar surface area (TPSA) is 55.8 Å². The second-order valence-corrected chi connectivity index (χ2v) is 4.41. The Morgan fingerprint density at radius 1 is 1.20 bits per heavy atom.